The molecular formula is C38H52N4O6S. The molecule has 0 aliphatic heterocycles. The molecular weight excluding hydrogens is 641 g/mol. The van der Waals surface area contributed by atoms with Crippen LogP contribution in [-0.2, 0) is 31.9 Å². The fourth-order valence-electron chi connectivity index (χ4n) is 5.54. The Morgan fingerprint density at radius 1 is 0.796 bits per heavy atom. The van der Waals surface area contributed by atoms with Crippen LogP contribution in [0.2, 0.25) is 0 Å². The monoisotopic (exact) mass is 692 g/mol. The molecule has 3 aromatic carbocycles. The summed E-state index contributed by atoms with van der Waals surface area (Å²) in [6.07, 6.45) is -0.556. The van der Waals surface area contributed by atoms with E-state index in [2.05, 4.69) is 16.0 Å². The van der Waals surface area contributed by atoms with Gasteiger partial charge in [-0.05, 0) is 60.9 Å². The summed E-state index contributed by atoms with van der Waals surface area (Å²) in [6.45, 7) is 11.6. The van der Waals surface area contributed by atoms with Crippen LogP contribution in [0.3, 0.4) is 0 Å². The third-order valence-electron chi connectivity index (χ3n) is 8.43. The van der Waals surface area contributed by atoms with Gasteiger partial charge in [-0.1, -0.05) is 101 Å². The summed E-state index contributed by atoms with van der Waals surface area (Å²) in [4.78, 5) is 39.7. The van der Waals surface area contributed by atoms with Gasteiger partial charge in [-0.2, -0.15) is 0 Å². The first-order valence-corrected chi connectivity index (χ1v) is 18.4. The first-order chi connectivity index (χ1) is 23.1. The van der Waals surface area contributed by atoms with Crippen molar-refractivity contribution in [3.63, 3.8) is 0 Å². The predicted molar refractivity (Wildman–Crippen MR) is 194 cm³/mol. The number of aliphatic hydroxyl groups is 1. The van der Waals surface area contributed by atoms with Crippen molar-refractivity contribution in [3.8, 4) is 0 Å². The normalized spacial score (nSPS) is 14.1. The van der Waals surface area contributed by atoms with E-state index in [9.17, 15) is 27.9 Å². The summed E-state index contributed by atoms with van der Waals surface area (Å²) < 4.78 is 27.6. The zero-order chi connectivity index (χ0) is 36.3. The highest BCUT2D eigenvalue weighted by Gasteiger charge is 2.30. The average molecular weight is 693 g/mol. The quantitative estimate of drug-likeness (QED) is 0.158. The maximum Gasteiger partial charge on any atom is 0.251 e. The van der Waals surface area contributed by atoms with Crippen molar-refractivity contribution in [1.29, 1.82) is 0 Å². The Balaban J connectivity index is 1.65. The Bertz CT molecular complexity index is 1660. The van der Waals surface area contributed by atoms with Gasteiger partial charge in [-0.25, -0.2) is 8.42 Å². The molecule has 11 heteroatoms. The number of nitrogens with zero attached hydrogens (tertiary/aromatic N) is 1. The van der Waals surface area contributed by atoms with Crippen LogP contribution in [0.25, 0.3) is 0 Å². The zero-order valence-corrected chi connectivity index (χ0v) is 30.5. The summed E-state index contributed by atoms with van der Waals surface area (Å²) in [7, 11) is -2.28. The Morgan fingerprint density at radius 3 is 2.08 bits per heavy atom. The van der Waals surface area contributed by atoms with Gasteiger partial charge in [0.15, 0.2) is 0 Å². The lowest BCUT2D eigenvalue weighted by Gasteiger charge is -2.29. The molecule has 266 valence electrons. The van der Waals surface area contributed by atoms with E-state index >= 15 is 0 Å². The fourth-order valence-corrected chi connectivity index (χ4v) is 6.77. The van der Waals surface area contributed by atoms with Gasteiger partial charge >= 0.3 is 0 Å². The Morgan fingerprint density at radius 2 is 1.45 bits per heavy atom. The average Bonchev–Trinajstić information content (AvgIpc) is 3.05. The van der Waals surface area contributed by atoms with Crippen molar-refractivity contribution in [2.24, 2.45) is 17.8 Å². The number of amides is 3. The number of aliphatic hydroxyl groups excluding tert-OH is 1. The predicted octanol–water partition coefficient (Wildman–Crippen LogP) is 4.95. The van der Waals surface area contributed by atoms with Crippen molar-refractivity contribution in [2.75, 3.05) is 11.4 Å². The zero-order valence-electron chi connectivity index (χ0n) is 29.6. The third-order valence-corrected chi connectivity index (χ3v) is 10.2. The number of rotatable bonds is 17. The van der Waals surface area contributed by atoms with Gasteiger partial charge in [0.1, 0.15) is 6.04 Å². The van der Waals surface area contributed by atoms with Crippen LogP contribution in [0.4, 0.5) is 5.69 Å². The molecule has 0 aliphatic carbocycles. The Kier molecular flexibility index (Phi) is 14.4. The Hall–Kier alpha value is -4.22. The van der Waals surface area contributed by atoms with Crippen LogP contribution < -0.4 is 20.3 Å². The van der Waals surface area contributed by atoms with E-state index in [1.165, 1.54) is 17.4 Å². The van der Waals surface area contributed by atoms with E-state index in [-0.39, 0.29) is 41.4 Å². The van der Waals surface area contributed by atoms with Crippen molar-refractivity contribution in [1.82, 2.24) is 16.0 Å². The van der Waals surface area contributed by atoms with E-state index in [4.69, 9.17) is 0 Å². The summed E-state index contributed by atoms with van der Waals surface area (Å²) in [5.41, 5.74) is 3.15. The molecule has 49 heavy (non-hydrogen) atoms. The molecule has 0 saturated carbocycles. The number of benzene rings is 3. The highest BCUT2D eigenvalue weighted by molar-refractivity contribution is 7.92. The van der Waals surface area contributed by atoms with Gasteiger partial charge in [0.25, 0.3) is 5.91 Å². The third kappa shape index (κ3) is 12.0. The molecule has 0 bridgehead atoms. The minimum absolute atomic E-state index is 0.0555. The van der Waals surface area contributed by atoms with Crippen molar-refractivity contribution < 1.29 is 27.9 Å². The van der Waals surface area contributed by atoms with Gasteiger partial charge in [0.05, 0.1) is 23.6 Å². The van der Waals surface area contributed by atoms with Crippen molar-refractivity contribution in [3.05, 3.63) is 101 Å². The molecule has 3 aromatic rings. The number of carbonyl (C=O) groups is 3. The maximum atomic E-state index is 13.5. The number of hydrogen-bond donors (Lipinski definition) is 4. The number of aryl methyl sites for hydroxylation is 1. The fraction of sp³-hybridized carbons (Fsp3) is 0.447. The second kappa shape index (κ2) is 18.0. The van der Waals surface area contributed by atoms with Gasteiger partial charge < -0.3 is 21.1 Å². The van der Waals surface area contributed by atoms with E-state index in [1.54, 1.807) is 31.2 Å². The van der Waals surface area contributed by atoms with Crippen molar-refractivity contribution in [2.45, 2.75) is 84.9 Å². The molecule has 0 saturated heterocycles. The van der Waals surface area contributed by atoms with Gasteiger partial charge in [0.2, 0.25) is 21.8 Å². The molecule has 0 spiro atoms. The lowest BCUT2D eigenvalue weighted by molar-refractivity contribution is -0.132. The molecule has 0 fully saturated rings. The maximum absolute atomic E-state index is 13.5. The molecule has 10 nitrogen and oxygen atoms in total. The van der Waals surface area contributed by atoms with E-state index in [0.717, 1.165) is 11.1 Å². The minimum atomic E-state index is -3.74. The standard InChI is InChI=1S/C38H52N4O6S/c1-25(2)19-33(34(43)21-28(6)36(44)41-35(26(3)4)38(46)39-23-29-14-9-8-10-15-29)40-37(45)31-17-12-18-32(22-31)42(7)49(47,48)24-30-16-11-13-27(5)20-30/h8-18,20,22,25-26,28,33-35,43H,19,21,23-24H2,1-7H3,(H,39,46)(H,40,45)(H,41,44)/t28-,33+,34+,35+/m1/s1. The first kappa shape index (κ1) is 39.2. The summed E-state index contributed by atoms with van der Waals surface area (Å²) in [5.74, 6) is -2.02. The van der Waals surface area contributed by atoms with Gasteiger partial charge in [-0.3, -0.25) is 18.7 Å². The van der Waals surface area contributed by atoms with Gasteiger partial charge in [-0.15, -0.1) is 0 Å². The van der Waals surface area contributed by atoms with Crippen LogP contribution in [0, 0.1) is 24.7 Å². The van der Waals surface area contributed by atoms with Crippen molar-refractivity contribution >= 4 is 33.4 Å². The number of anilines is 1. The summed E-state index contributed by atoms with van der Waals surface area (Å²) in [5, 5.41) is 19.9. The topological polar surface area (TPSA) is 145 Å². The number of carbonyl (C=O) groups excluding carboxylic acids is 3. The highest BCUT2D eigenvalue weighted by atomic mass is 32.2. The van der Waals surface area contributed by atoms with E-state index in [1.807, 2.05) is 83.1 Å². The van der Waals surface area contributed by atoms with Crippen LogP contribution in [0.1, 0.15) is 74.5 Å². The highest BCUT2D eigenvalue weighted by Crippen LogP contribution is 2.22. The molecule has 0 aromatic heterocycles. The lowest BCUT2D eigenvalue weighted by atomic mass is 9.91. The molecule has 3 rings (SSSR count). The summed E-state index contributed by atoms with van der Waals surface area (Å²) in [6, 6.07) is 21.7. The van der Waals surface area contributed by atoms with Crippen LogP contribution >= 0.6 is 0 Å². The molecule has 3 amide bonds. The number of nitrogens with one attached hydrogen (secondary N) is 3. The number of sulfonamides is 1. The summed E-state index contributed by atoms with van der Waals surface area (Å²) >= 11 is 0. The molecule has 0 aliphatic rings. The second-order valence-corrected chi connectivity index (χ2v) is 15.6. The number of hydrogen-bond acceptors (Lipinski definition) is 6. The van der Waals surface area contributed by atoms with Gasteiger partial charge in [0, 0.05) is 25.1 Å². The van der Waals surface area contributed by atoms with Crippen LogP contribution in [0.15, 0.2) is 78.9 Å². The largest absolute Gasteiger partial charge is 0.391 e. The van der Waals surface area contributed by atoms with E-state index in [0.29, 0.717) is 24.2 Å². The SMILES string of the molecule is Cc1cccc(CS(=O)(=O)N(C)c2cccc(C(=O)N[C@@H](CC(C)C)[C@@H](O)C[C@@H](C)C(=O)N[C@H](C(=O)NCc3ccccc3)C(C)C)c2)c1. The van der Waals surface area contributed by atoms with E-state index < -0.39 is 40.0 Å². The lowest BCUT2D eigenvalue weighted by Crippen LogP contribution is -2.51. The molecule has 0 unspecified atom stereocenters. The minimum Gasteiger partial charge on any atom is -0.391 e. The molecule has 4 N–H and O–H groups in total. The molecule has 0 radical (unpaired) electrons. The molecule has 0 heterocycles. The van der Waals surface area contributed by atoms with Crippen LogP contribution in [0.5, 0.6) is 0 Å². The smallest absolute Gasteiger partial charge is 0.251 e. The van der Waals surface area contributed by atoms with Crippen LogP contribution in [-0.4, -0.2) is 56.5 Å². The second-order valence-electron chi connectivity index (χ2n) is 13.6. The molecule has 4 atom stereocenters. The Labute approximate surface area is 291 Å². The first-order valence-electron chi connectivity index (χ1n) is 16.8.